The summed E-state index contributed by atoms with van der Waals surface area (Å²) in [4.78, 5) is 13.3. The van der Waals surface area contributed by atoms with Gasteiger partial charge >= 0.3 is 0 Å². The van der Waals surface area contributed by atoms with Gasteiger partial charge in [0.1, 0.15) is 0 Å². The molecule has 0 aromatic carbocycles. The number of unbranched alkanes of at least 4 members (excludes halogenated alkanes) is 1. The van der Waals surface area contributed by atoms with Crippen LogP contribution in [-0.4, -0.2) is 49.7 Å². The maximum atomic E-state index is 11.6. The molecule has 1 fully saturated rings. The lowest BCUT2D eigenvalue weighted by Crippen LogP contribution is -2.52. The molecule has 0 radical (unpaired) electrons. The second kappa shape index (κ2) is 5.60. The SMILES string of the molecule is CCCCC(=O)N1CCN(S(N)(=O)=O)CC1. The Balaban J connectivity index is 2.40. The first kappa shape index (κ1) is 13.4. The van der Waals surface area contributed by atoms with Crippen LogP contribution in [0.3, 0.4) is 0 Å². The first-order valence-corrected chi connectivity index (χ1v) is 7.01. The maximum absolute atomic E-state index is 11.6. The smallest absolute Gasteiger partial charge is 0.277 e. The van der Waals surface area contributed by atoms with Crippen LogP contribution in [0.5, 0.6) is 0 Å². The van der Waals surface area contributed by atoms with Crippen LogP contribution in [0.1, 0.15) is 26.2 Å². The molecule has 1 amide bonds. The van der Waals surface area contributed by atoms with Gasteiger partial charge in [0.2, 0.25) is 5.91 Å². The van der Waals surface area contributed by atoms with Crippen molar-refractivity contribution in [3.05, 3.63) is 0 Å². The topological polar surface area (TPSA) is 83.7 Å². The predicted octanol–water partition coefficient (Wildman–Crippen LogP) is -0.476. The summed E-state index contributed by atoms with van der Waals surface area (Å²) < 4.78 is 23.3. The molecule has 94 valence electrons. The summed E-state index contributed by atoms with van der Waals surface area (Å²) >= 11 is 0. The van der Waals surface area contributed by atoms with Crippen molar-refractivity contribution in [3.8, 4) is 0 Å². The summed E-state index contributed by atoms with van der Waals surface area (Å²) in [5.74, 6) is 0.107. The molecule has 1 saturated heterocycles. The Morgan fingerprint density at radius 2 is 1.81 bits per heavy atom. The maximum Gasteiger partial charge on any atom is 0.277 e. The molecule has 0 spiro atoms. The minimum Gasteiger partial charge on any atom is -0.340 e. The van der Waals surface area contributed by atoms with Crippen molar-refractivity contribution >= 4 is 16.1 Å². The summed E-state index contributed by atoms with van der Waals surface area (Å²) in [7, 11) is -3.60. The van der Waals surface area contributed by atoms with Gasteiger partial charge in [-0.2, -0.15) is 12.7 Å². The van der Waals surface area contributed by atoms with E-state index in [-0.39, 0.29) is 5.91 Å². The van der Waals surface area contributed by atoms with Crippen LogP contribution in [0, 0.1) is 0 Å². The average Bonchev–Trinajstić information content (AvgIpc) is 2.25. The van der Waals surface area contributed by atoms with E-state index in [1.165, 1.54) is 4.31 Å². The van der Waals surface area contributed by atoms with Crippen LogP contribution < -0.4 is 5.14 Å². The molecule has 2 N–H and O–H groups in total. The van der Waals surface area contributed by atoms with Crippen molar-refractivity contribution in [2.24, 2.45) is 5.14 Å². The molecule has 0 aliphatic carbocycles. The molecule has 16 heavy (non-hydrogen) atoms. The molecular formula is C9H19N3O3S. The number of hydrogen-bond donors (Lipinski definition) is 1. The Hall–Kier alpha value is -0.660. The van der Waals surface area contributed by atoms with Gasteiger partial charge in [0.15, 0.2) is 0 Å². The molecule has 1 rings (SSSR count). The zero-order chi connectivity index (χ0) is 12.2. The Morgan fingerprint density at radius 3 is 2.25 bits per heavy atom. The number of rotatable bonds is 4. The van der Waals surface area contributed by atoms with Crippen LogP contribution in [0.4, 0.5) is 0 Å². The highest BCUT2D eigenvalue weighted by atomic mass is 32.2. The fourth-order valence-electron chi connectivity index (χ4n) is 1.68. The predicted molar refractivity (Wildman–Crippen MR) is 60.8 cm³/mol. The zero-order valence-electron chi connectivity index (χ0n) is 9.55. The van der Waals surface area contributed by atoms with Crippen molar-refractivity contribution in [2.75, 3.05) is 26.2 Å². The van der Waals surface area contributed by atoms with Crippen molar-refractivity contribution in [1.29, 1.82) is 0 Å². The van der Waals surface area contributed by atoms with E-state index in [0.717, 1.165) is 12.8 Å². The van der Waals surface area contributed by atoms with Gasteiger partial charge in [0.05, 0.1) is 0 Å². The molecule has 1 heterocycles. The molecule has 0 aromatic rings. The summed E-state index contributed by atoms with van der Waals surface area (Å²) in [6, 6.07) is 0. The molecule has 0 saturated carbocycles. The Kier molecular flexibility index (Phi) is 4.69. The van der Waals surface area contributed by atoms with E-state index in [1.54, 1.807) is 4.90 Å². The van der Waals surface area contributed by atoms with Gasteiger partial charge in [0, 0.05) is 32.6 Å². The fraction of sp³-hybridized carbons (Fsp3) is 0.889. The van der Waals surface area contributed by atoms with Gasteiger partial charge in [-0.1, -0.05) is 13.3 Å². The largest absolute Gasteiger partial charge is 0.340 e. The van der Waals surface area contributed by atoms with E-state index in [1.807, 2.05) is 6.92 Å². The molecule has 6 nitrogen and oxygen atoms in total. The molecular weight excluding hydrogens is 230 g/mol. The van der Waals surface area contributed by atoms with E-state index in [4.69, 9.17) is 5.14 Å². The lowest BCUT2D eigenvalue weighted by molar-refractivity contribution is -0.132. The van der Waals surface area contributed by atoms with E-state index in [0.29, 0.717) is 32.6 Å². The van der Waals surface area contributed by atoms with Gasteiger partial charge in [0.25, 0.3) is 10.2 Å². The molecule has 1 aliphatic heterocycles. The zero-order valence-corrected chi connectivity index (χ0v) is 10.4. The number of carbonyl (C=O) groups excluding carboxylic acids is 1. The lowest BCUT2D eigenvalue weighted by Gasteiger charge is -2.33. The molecule has 0 bridgehead atoms. The van der Waals surface area contributed by atoms with Crippen molar-refractivity contribution in [2.45, 2.75) is 26.2 Å². The number of amides is 1. The van der Waals surface area contributed by atoms with Gasteiger partial charge in [-0.25, -0.2) is 5.14 Å². The first-order valence-electron chi connectivity index (χ1n) is 5.50. The number of hydrogen-bond acceptors (Lipinski definition) is 3. The van der Waals surface area contributed by atoms with Crippen LogP contribution in [0.25, 0.3) is 0 Å². The van der Waals surface area contributed by atoms with Gasteiger partial charge < -0.3 is 4.90 Å². The number of nitrogens with two attached hydrogens (primary N) is 1. The normalized spacial score (nSPS) is 18.8. The van der Waals surface area contributed by atoms with Gasteiger partial charge in [-0.3, -0.25) is 4.79 Å². The van der Waals surface area contributed by atoms with Crippen LogP contribution in [0.15, 0.2) is 0 Å². The van der Waals surface area contributed by atoms with E-state index in [9.17, 15) is 13.2 Å². The van der Waals surface area contributed by atoms with Gasteiger partial charge in [-0.15, -0.1) is 0 Å². The van der Waals surface area contributed by atoms with Gasteiger partial charge in [-0.05, 0) is 6.42 Å². The van der Waals surface area contributed by atoms with E-state index in [2.05, 4.69) is 0 Å². The summed E-state index contributed by atoms with van der Waals surface area (Å²) in [6.07, 6.45) is 2.42. The van der Waals surface area contributed by atoms with Crippen LogP contribution in [-0.2, 0) is 15.0 Å². The highest BCUT2D eigenvalue weighted by Crippen LogP contribution is 2.07. The van der Waals surface area contributed by atoms with Crippen LogP contribution in [0.2, 0.25) is 0 Å². The Morgan fingerprint density at radius 1 is 1.25 bits per heavy atom. The lowest BCUT2D eigenvalue weighted by atomic mass is 10.2. The molecule has 1 aliphatic rings. The second-order valence-corrected chi connectivity index (χ2v) is 5.47. The highest BCUT2D eigenvalue weighted by molar-refractivity contribution is 7.86. The fourth-order valence-corrected chi connectivity index (χ4v) is 2.35. The standard InChI is InChI=1S/C9H19N3O3S/c1-2-3-4-9(13)11-5-7-12(8-6-11)16(10,14)15/h2-8H2,1H3,(H2,10,14,15). The molecule has 7 heteroatoms. The summed E-state index contributed by atoms with van der Waals surface area (Å²) in [6.45, 7) is 3.53. The quantitative estimate of drug-likeness (QED) is 0.730. The van der Waals surface area contributed by atoms with Crippen molar-refractivity contribution in [1.82, 2.24) is 9.21 Å². The molecule has 0 atom stereocenters. The number of nitrogens with zero attached hydrogens (tertiary/aromatic N) is 2. The van der Waals surface area contributed by atoms with Crippen LogP contribution >= 0.6 is 0 Å². The number of carbonyl (C=O) groups is 1. The van der Waals surface area contributed by atoms with E-state index >= 15 is 0 Å². The second-order valence-electron chi connectivity index (χ2n) is 3.93. The Labute approximate surface area is 96.6 Å². The van der Waals surface area contributed by atoms with Crippen molar-refractivity contribution < 1.29 is 13.2 Å². The molecule has 0 unspecified atom stereocenters. The third-order valence-electron chi connectivity index (χ3n) is 2.70. The molecule has 0 aromatic heterocycles. The number of piperazine rings is 1. The average molecular weight is 249 g/mol. The summed E-state index contributed by atoms with van der Waals surface area (Å²) in [5, 5.41) is 5.01. The Bertz CT molecular complexity index is 334. The highest BCUT2D eigenvalue weighted by Gasteiger charge is 2.25. The third-order valence-corrected chi connectivity index (χ3v) is 3.78. The van der Waals surface area contributed by atoms with Crippen molar-refractivity contribution in [3.63, 3.8) is 0 Å². The van der Waals surface area contributed by atoms with E-state index < -0.39 is 10.2 Å². The monoisotopic (exact) mass is 249 g/mol. The minimum atomic E-state index is -3.60. The minimum absolute atomic E-state index is 0.107. The third kappa shape index (κ3) is 3.73. The first-order chi connectivity index (χ1) is 7.45. The summed E-state index contributed by atoms with van der Waals surface area (Å²) in [5.41, 5.74) is 0.